The van der Waals surface area contributed by atoms with Crippen LogP contribution in [0.15, 0.2) is 23.1 Å². The Bertz CT molecular complexity index is 565. The Labute approximate surface area is 131 Å². The van der Waals surface area contributed by atoms with Gasteiger partial charge < -0.3 is 0 Å². The van der Waals surface area contributed by atoms with Crippen LogP contribution in [0, 0.1) is 5.92 Å². The van der Waals surface area contributed by atoms with Gasteiger partial charge in [0.05, 0.1) is 14.9 Å². The SMILES string of the molecule is O=S(=O)(NC1CCCC1CBr)c1ccc(Cl)c(Cl)c1. The van der Waals surface area contributed by atoms with Crippen LogP contribution in [0.25, 0.3) is 0 Å². The van der Waals surface area contributed by atoms with E-state index in [4.69, 9.17) is 23.2 Å². The molecule has 7 heteroatoms. The van der Waals surface area contributed by atoms with Crippen molar-refractivity contribution in [3.63, 3.8) is 0 Å². The van der Waals surface area contributed by atoms with E-state index < -0.39 is 10.0 Å². The Kier molecular flexibility index (Phi) is 5.17. The van der Waals surface area contributed by atoms with Gasteiger partial charge in [0.25, 0.3) is 0 Å². The predicted octanol–water partition coefficient (Wildman–Crippen LogP) is 3.84. The number of nitrogens with one attached hydrogen (secondary N) is 1. The van der Waals surface area contributed by atoms with Gasteiger partial charge in [0.15, 0.2) is 0 Å². The molecule has 1 aliphatic carbocycles. The fraction of sp³-hybridized carbons (Fsp3) is 0.500. The van der Waals surface area contributed by atoms with E-state index >= 15 is 0 Å². The molecule has 0 radical (unpaired) electrons. The molecule has 2 atom stereocenters. The topological polar surface area (TPSA) is 46.2 Å². The summed E-state index contributed by atoms with van der Waals surface area (Å²) >= 11 is 15.1. The largest absolute Gasteiger partial charge is 0.240 e. The van der Waals surface area contributed by atoms with E-state index in [9.17, 15) is 8.42 Å². The normalized spacial score (nSPS) is 23.7. The molecule has 1 fully saturated rings. The second-order valence-corrected chi connectivity index (χ2v) is 7.82. The van der Waals surface area contributed by atoms with Crippen LogP contribution in [0.5, 0.6) is 0 Å². The van der Waals surface area contributed by atoms with Crippen molar-refractivity contribution < 1.29 is 8.42 Å². The fourth-order valence-corrected chi connectivity index (χ4v) is 4.79. The van der Waals surface area contributed by atoms with Gasteiger partial charge in [0, 0.05) is 11.4 Å². The first-order valence-corrected chi connectivity index (χ1v) is 9.33. The summed E-state index contributed by atoms with van der Waals surface area (Å²) in [7, 11) is -3.54. The van der Waals surface area contributed by atoms with Crippen LogP contribution in [0.1, 0.15) is 19.3 Å². The minimum atomic E-state index is -3.54. The molecule has 0 heterocycles. The van der Waals surface area contributed by atoms with Crippen molar-refractivity contribution in [2.45, 2.75) is 30.2 Å². The average molecular weight is 387 g/mol. The highest BCUT2D eigenvalue weighted by Gasteiger charge is 2.30. The van der Waals surface area contributed by atoms with E-state index in [1.807, 2.05) is 0 Å². The van der Waals surface area contributed by atoms with Crippen LogP contribution in [0.3, 0.4) is 0 Å². The first-order chi connectivity index (χ1) is 8.94. The molecule has 2 rings (SSSR count). The number of rotatable bonds is 4. The molecule has 1 aromatic rings. The lowest BCUT2D eigenvalue weighted by Gasteiger charge is -2.19. The van der Waals surface area contributed by atoms with Crippen LogP contribution < -0.4 is 4.72 Å². The van der Waals surface area contributed by atoms with Crippen molar-refractivity contribution in [2.24, 2.45) is 5.92 Å². The Balaban J connectivity index is 2.20. The molecule has 0 saturated heterocycles. The van der Waals surface area contributed by atoms with Gasteiger partial charge in [0.2, 0.25) is 10.0 Å². The summed E-state index contributed by atoms with van der Waals surface area (Å²) in [6.07, 6.45) is 2.96. The number of sulfonamides is 1. The van der Waals surface area contributed by atoms with E-state index in [0.717, 1.165) is 24.6 Å². The smallest absolute Gasteiger partial charge is 0.208 e. The monoisotopic (exact) mass is 385 g/mol. The van der Waals surface area contributed by atoms with Crippen molar-refractivity contribution in [1.29, 1.82) is 0 Å². The van der Waals surface area contributed by atoms with Gasteiger partial charge in [-0.2, -0.15) is 0 Å². The van der Waals surface area contributed by atoms with Crippen molar-refractivity contribution in [3.8, 4) is 0 Å². The van der Waals surface area contributed by atoms with E-state index in [2.05, 4.69) is 20.7 Å². The minimum absolute atomic E-state index is 0.0150. The molecule has 1 N–H and O–H groups in total. The Morgan fingerprint density at radius 1 is 1.26 bits per heavy atom. The summed E-state index contributed by atoms with van der Waals surface area (Å²) in [5.41, 5.74) is 0. The molecule has 0 bridgehead atoms. The summed E-state index contributed by atoms with van der Waals surface area (Å²) in [4.78, 5) is 0.155. The van der Waals surface area contributed by atoms with E-state index in [1.54, 1.807) is 0 Å². The highest BCUT2D eigenvalue weighted by atomic mass is 79.9. The second-order valence-electron chi connectivity index (χ2n) is 4.65. The van der Waals surface area contributed by atoms with Gasteiger partial charge in [-0.3, -0.25) is 0 Å². The highest BCUT2D eigenvalue weighted by molar-refractivity contribution is 9.09. The van der Waals surface area contributed by atoms with Gasteiger partial charge in [-0.1, -0.05) is 45.6 Å². The molecule has 3 nitrogen and oxygen atoms in total. The standard InChI is InChI=1S/C12H14BrCl2NO2S/c13-7-8-2-1-3-12(8)16-19(17,18)9-4-5-10(14)11(15)6-9/h4-6,8,12,16H,1-3,7H2. The zero-order valence-electron chi connectivity index (χ0n) is 10.1. The summed E-state index contributed by atoms with van der Waals surface area (Å²) < 4.78 is 27.3. The van der Waals surface area contributed by atoms with E-state index in [1.165, 1.54) is 18.2 Å². The van der Waals surface area contributed by atoms with Gasteiger partial charge >= 0.3 is 0 Å². The third kappa shape index (κ3) is 3.64. The van der Waals surface area contributed by atoms with Gasteiger partial charge in [-0.25, -0.2) is 13.1 Å². The Morgan fingerprint density at radius 3 is 2.63 bits per heavy atom. The molecule has 19 heavy (non-hydrogen) atoms. The molecule has 0 amide bonds. The third-order valence-corrected chi connectivity index (χ3v) is 6.42. The molecule has 1 aromatic carbocycles. The zero-order valence-corrected chi connectivity index (χ0v) is 14.0. The molecule has 1 aliphatic rings. The quantitative estimate of drug-likeness (QED) is 0.799. The average Bonchev–Trinajstić information content (AvgIpc) is 2.79. The van der Waals surface area contributed by atoms with Crippen molar-refractivity contribution in [3.05, 3.63) is 28.2 Å². The van der Waals surface area contributed by atoms with Crippen LogP contribution in [0.4, 0.5) is 0 Å². The summed E-state index contributed by atoms with van der Waals surface area (Å²) in [5.74, 6) is 0.345. The summed E-state index contributed by atoms with van der Waals surface area (Å²) in [5, 5.41) is 1.40. The molecule has 2 unspecified atom stereocenters. The maximum atomic E-state index is 12.3. The third-order valence-electron chi connectivity index (χ3n) is 3.37. The molecular formula is C12H14BrCl2NO2S. The number of hydrogen-bond donors (Lipinski definition) is 1. The maximum Gasteiger partial charge on any atom is 0.240 e. The molecule has 0 aromatic heterocycles. The van der Waals surface area contributed by atoms with Gasteiger partial charge in [0.1, 0.15) is 0 Å². The Hall–Kier alpha value is 0.190. The van der Waals surface area contributed by atoms with Crippen LogP contribution >= 0.6 is 39.1 Å². The number of hydrogen-bond acceptors (Lipinski definition) is 2. The Morgan fingerprint density at radius 2 is 2.00 bits per heavy atom. The lowest BCUT2D eigenvalue weighted by molar-refractivity contribution is 0.484. The predicted molar refractivity (Wildman–Crippen MR) is 81.7 cm³/mol. The number of alkyl halides is 1. The van der Waals surface area contributed by atoms with Gasteiger partial charge in [-0.15, -0.1) is 0 Å². The fourth-order valence-electron chi connectivity index (χ4n) is 2.29. The highest BCUT2D eigenvalue weighted by Crippen LogP contribution is 2.29. The van der Waals surface area contributed by atoms with E-state index in [0.29, 0.717) is 10.9 Å². The lowest BCUT2D eigenvalue weighted by Crippen LogP contribution is -2.37. The number of halogens is 3. The summed E-state index contributed by atoms with van der Waals surface area (Å²) in [6.45, 7) is 0. The van der Waals surface area contributed by atoms with E-state index in [-0.39, 0.29) is 16.0 Å². The lowest BCUT2D eigenvalue weighted by atomic mass is 10.1. The molecular weight excluding hydrogens is 373 g/mol. The maximum absolute atomic E-state index is 12.3. The van der Waals surface area contributed by atoms with Crippen molar-refractivity contribution in [2.75, 3.05) is 5.33 Å². The van der Waals surface area contributed by atoms with Crippen LogP contribution in [0.2, 0.25) is 10.0 Å². The number of benzene rings is 1. The van der Waals surface area contributed by atoms with Gasteiger partial charge in [-0.05, 0) is 37.0 Å². The van der Waals surface area contributed by atoms with Crippen molar-refractivity contribution >= 4 is 49.2 Å². The van der Waals surface area contributed by atoms with Crippen LogP contribution in [-0.2, 0) is 10.0 Å². The molecule has 0 spiro atoms. The zero-order chi connectivity index (χ0) is 14.0. The minimum Gasteiger partial charge on any atom is -0.208 e. The van der Waals surface area contributed by atoms with Crippen LogP contribution in [-0.4, -0.2) is 19.8 Å². The summed E-state index contributed by atoms with van der Waals surface area (Å²) in [6, 6.07) is 4.33. The van der Waals surface area contributed by atoms with Crippen molar-refractivity contribution in [1.82, 2.24) is 4.72 Å². The molecule has 106 valence electrons. The second kappa shape index (κ2) is 6.31. The molecule has 1 saturated carbocycles. The molecule has 0 aliphatic heterocycles. The first-order valence-electron chi connectivity index (χ1n) is 5.97. The first kappa shape index (κ1) is 15.6.